The topological polar surface area (TPSA) is 113 Å². The second kappa shape index (κ2) is 8.24. The highest BCUT2D eigenvalue weighted by molar-refractivity contribution is 7.89. The van der Waals surface area contributed by atoms with Gasteiger partial charge in [0.1, 0.15) is 4.88 Å². The van der Waals surface area contributed by atoms with Crippen LogP contribution in [0.4, 0.5) is 0 Å². The summed E-state index contributed by atoms with van der Waals surface area (Å²) in [6, 6.07) is 9.75. The average Bonchev–Trinajstić information content (AvgIpc) is 3.08. The van der Waals surface area contributed by atoms with Crippen LogP contribution in [-0.4, -0.2) is 31.2 Å². The highest BCUT2D eigenvalue weighted by atomic mass is 32.2. The molecule has 9 heteroatoms. The summed E-state index contributed by atoms with van der Waals surface area (Å²) >= 11 is 1.11. The van der Waals surface area contributed by atoms with Crippen molar-refractivity contribution in [2.24, 2.45) is 0 Å². The molecule has 1 aromatic carbocycles. The van der Waals surface area contributed by atoms with Crippen LogP contribution in [0.5, 0.6) is 0 Å². The number of sulfonamides is 1. The number of carbonyl (C=O) groups is 2. The molecule has 2 aromatic rings. The third-order valence-corrected chi connectivity index (χ3v) is 5.81. The maximum absolute atomic E-state index is 12.1. The SMILES string of the molecule is CCS(=O)(=O)NCc1ccc(C(=O)NCc2ccc(C(=O)O)s2)cc1. The lowest BCUT2D eigenvalue weighted by Crippen LogP contribution is -2.25. The molecule has 0 aliphatic carbocycles. The molecule has 0 spiro atoms. The molecule has 0 saturated heterocycles. The lowest BCUT2D eigenvalue weighted by atomic mass is 10.1. The van der Waals surface area contributed by atoms with Crippen LogP contribution >= 0.6 is 11.3 Å². The van der Waals surface area contributed by atoms with Gasteiger partial charge in [-0.05, 0) is 36.8 Å². The lowest BCUT2D eigenvalue weighted by molar-refractivity contribution is 0.0702. The van der Waals surface area contributed by atoms with Gasteiger partial charge in [0.05, 0.1) is 12.3 Å². The molecule has 1 heterocycles. The predicted octanol–water partition coefficient (Wildman–Crippen LogP) is 1.82. The second-order valence-corrected chi connectivity index (χ2v) is 8.44. The second-order valence-electron chi connectivity index (χ2n) is 5.18. The summed E-state index contributed by atoms with van der Waals surface area (Å²) < 4.78 is 25.3. The van der Waals surface area contributed by atoms with E-state index in [1.165, 1.54) is 6.07 Å². The maximum atomic E-state index is 12.1. The van der Waals surface area contributed by atoms with Crippen LogP contribution in [0.3, 0.4) is 0 Å². The largest absolute Gasteiger partial charge is 0.477 e. The molecule has 0 aliphatic heterocycles. The molecule has 25 heavy (non-hydrogen) atoms. The van der Waals surface area contributed by atoms with Crippen LogP contribution in [0.1, 0.15) is 37.4 Å². The molecule has 0 radical (unpaired) electrons. The van der Waals surface area contributed by atoms with Crippen LogP contribution in [0.2, 0.25) is 0 Å². The van der Waals surface area contributed by atoms with Gasteiger partial charge in [0, 0.05) is 17.0 Å². The van der Waals surface area contributed by atoms with Gasteiger partial charge in [-0.15, -0.1) is 11.3 Å². The zero-order valence-electron chi connectivity index (χ0n) is 13.5. The minimum Gasteiger partial charge on any atom is -0.477 e. The number of aromatic carboxylic acids is 1. The van der Waals surface area contributed by atoms with Crippen molar-refractivity contribution in [3.05, 3.63) is 57.3 Å². The van der Waals surface area contributed by atoms with E-state index in [1.54, 1.807) is 37.3 Å². The van der Waals surface area contributed by atoms with Crippen molar-refractivity contribution in [2.75, 3.05) is 5.75 Å². The first kappa shape index (κ1) is 19.1. The molecule has 0 unspecified atom stereocenters. The van der Waals surface area contributed by atoms with Gasteiger partial charge in [0.2, 0.25) is 10.0 Å². The number of thiophene rings is 1. The van der Waals surface area contributed by atoms with Crippen molar-refractivity contribution in [3.63, 3.8) is 0 Å². The summed E-state index contributed by atoms with van der Waals surface area (Å²) in [4.78, 5) is 23.9. The Morgan fingerprint density at radius 3 is 2.32 bits per heavy atom. The van der Waals surface area contributed by atoms with E-state index >= 15 is 0 Å². The molecule has 134 valence electrons. The number of amides is 1. The Morgan fingerprint density at radius 1 is 1.08 bits per heavy atom. The van der Waals surface area contributed by atoms with E-state index in [1.807, 2.05) is 0 Å². The van der Waals surface area contributed by atoms with E-state index in [0.29, 0.717) is 5.56 Å². The molecule has 0 aliphatic rings. The summed E-state index contributed by atoms with van der Waals surface area (Å²) in [6.45, 7) is 1.98. The predicted molar refractivity (Wildman–Crippen MR) is 95.2 cm³/mol. The van der Waals surface area contributed by atoms with Crippen LogP contribution in [0.15, 0.2) is 36.4 Å². The number of hydrogen-bond acceptors (Lipinski definition) is 5. The molecule has 3 N–H and O–H groups in total. The highest BCUT2D eigenvalue weighted by Crippen LogP contribution is 2.16. The molecule has 1 amide bonds. The third kappa shape index (κ3) is 5.66. The number of carboxylic acid groups (broad SMARTS) is 1. The van der Waals surface area contributed by atoms with Crippen LogP contribution < -0.4 is 10.0 Å². The lowest BCUT2D eigenvalue weighted by Gasteiger charge is -2.07. The number of nitrogens with one attached hydrogen (secondary N) is 2. The Bertz CT molecular complexity index is 857. The first-order chi connectivity index (χ1) is 11.8. The molecule has 2 rings (SSSR count). The van der Waals surface area contributed by atoms with Crippen LogP contribution in [0.25, 0.3) is 0 Å². The fourth-order valence-corrected chi connectivity index (χ4v) is 3.30. The molecular weight excluding hydrogens is 364 g/mol. The minimum atomic E-state index is -3.26. The fourth-order valence-electron chi connectivity index (χ4n) is 1.93. The van der Waals surface area contributed by atoms with Crippen molar-refractivity contribution in [2.45, 2.75) is 20.0 Å². The van der Waals surface area contributed by atoms with Crippen LogP contribution in [0, 0.1) is 0 Å². The fraction of sp³-hybridized carbons (Fsp3) is 0.250. The Labute approximate surface area is 149 Å². The van der Waals surface area contributed by atoms with E-state index in [4.69, 9.17) is 5.11 Å². The summed E-state index contributed by atoms with van der Waals surface area (Å²) in [6.07, 6.45) is 0. The minimum absolute atomic E-state index is 0.0137. The number of carboxylic acids is 1. The zero-order valence-corrected chi connectivity index (χ0v) is 15.1. The van der Waals surface area contributed by atoms with Gasteiger partial charge >= 0.3 is 5.97 Å². The number of benzene rings is 1. The molecule has 0 fully saturated rings. The summed E-state index contributed by atoms with van der Waals surface area (Å²) in [5, 5.41) is 11.6. The van der Waals surface area contributed by atoms with E-state index < -0.39 is 16.0 Å². The number of hydrogen-bond donors (Lipinski definition) is 3. The van der Waals surface area contributed by atoms with Crippen molar-refractivity contribution in [1.29, 1.82) is 0 Å². The summed E-state index contributed by atoms with van der Waals surface area (Å²) in [5.41, 5.74) is 1.19. The maximum Gasteiger partial charge on any atom is 0.345 e. The Kier molecular flexibility index (Phi) is 6.29. The molecule has 1 aromatic heterocycles. The van der Waals surface area contributed by atoms with Gasteiger partial charge < -0.3 is 10.4 Å². The van der Waals surface area contributed by atoms with Crippen LogP contribution in [-0.2, 0) is 23.1 Å². The summed E-state index contributed by atoms with van der Waals surface area (Å²) in [7, 11) is -3.26. The van der Waals surface area contributed by atoms with Gasteiger partial charge in [-0.25, -0.2) is 17.9 Å². The third-order valence-electron chi connectivity index (χ3n) is 3.39. The smallest absolute Gasteiger partial charge is 0.345 e. The van der Waals surface area contributed by atoms with E-state index in [0.717, 1.165) is 21.8 Å². The van der Waals surface area contributed by atoms with Gasteiger partial charge in [0.25, 0.3) is 5.91 Å². The first-order valence-corrected chi connectivity index (χ1v) is 9.94. The number of rotatable bonds is 8. The highest BCUT2D eigenvalue weighted by Gasteiger charge is 2.10. The van der Waals surface area contributed by atoms with Gasteiger partial charge in [-0.1, -0.05) is 12.1 Å². The molecule has 0 atom stereocenters. The molecule has 0 bridgehead atoms. The average molecular weight is 382 g/mol. The Morgan fingerprint density at radius 2 is 1.76 bits per heavy atom. The molecular formula is C16H18N2O5S2. The first-order valence-electron chi connectivity index (χ1n) is 7.47. The van der Waals surface area contributed by atoms with Gasteiger partial charge in [-0.3, -0.25) is 4.79 Å². The Balaban J connectivity index is 1.90. The van der Waals surface area contributed by atoms with Crippen molar-refractivity contribution < 1.29 is 23.1 Å². The van der Waals surface area contributed by atoms with E-state index in [2.05, 4.69) is 10.0 Å². The Hall–Kier alpha value is -2.23. The van der Waals surface area contributed by atoms with Crippen molar-refractivity contribution >= 4 is 33.2 Å². The van der Waals surface area contributed by atoms with Crippen molar-refractivity contribution in [1.82, 2.24) is 10.0 Å². The van der Waals surface area contributed by atoms with Gasteiger partial charge in [-0.2, -0.15) is 0 Å². The normalized spacial score (nSPS) is 11.2. The summed E-state index contributed by atoms with van der Waals surface area (Å²) in [5.74, 6) is -1.26. The zero-order chi connectivity index (χ0) is 18.4. The quantitative estimate of drug-likeness (QED) is 0.645. The van der Waals surface area contributed by atoms with Gasteiger partial charge in [0.15, 0.2) is 0 Å². The molecule has 7 nitrogen and oxygen atoms in total. The van der Waals surface area contributed by atoms with E-state index in [9.17, 15) is 18.0 Å². The van der Waals surface area contributed by atoms with E-state index in [-0.39, 0.29) is 29.6 Å². The monoisotopic (exact) mass is 382 g/mol. The van der Waals surface area contributed by atoms with Crippen molar-refractivity contribution in [3.8, 4) is 0 Å². The standard InChI is InChI=1S/C16H18N2O5S2/c1-2-25(22,23)18-9-11-3-5-12(6-4-11)15(19)17-10-13-7-8-14(24-13)16(20)21/h3-8,18H,2,9-10H2,1H3,(H,17,19)(H,20,21). The molecule has 0 saturated carbocycles. The number of carbonyl (C=O) groups excluding carboxylic acids is 1.